The van der Waals surface area contributed by atoms with Gasteiger partial charge in [0.1, 0.15) is 0 Å². The number of pyridine rings is 1. The van der Waals surface area contributed by atoms with E-state index in [9.17, 15) is 8.78 Å². The van der Waals surface area contributed by atoms with E-state index in [-0.39, 0.29) is 20.6 Å². The molecule has 1 heterocycles. The topological polar surface area (TPSA) is 36.7 Å². The van der Waals surface area contributed by atoms with Crippen LogP contribution in [0, 0.1) is 14.9 Å². The van der Waals surface area contributed by atoms with Gasteiger partial charge in [0.2, 0.25) is 0 Å². The van der Waals surface area contributed by atoms with Gasteiger partial charge in [0, 0.05) is 9.77 Å². The van der Waals surface area contributed by atoms with E-state index in [1.165, 1.54) is 0 Å². The summed E-state index contributed by atoms with van der Waals surface area (Å²) < 4.78 is 25.3. The second-order valence-corrected chi connectivity index (χ2v) is 3.90. The summed E-state index contributed by atoms with van der Waals surface area (Å²) in [6.45, 7) is 0. The number of nitrogens with zero attached hydrogens (tertiary/aromatic N) is 2. The fourth-order valence-corrected chi connectivity index (χ4v) is 2.16. The SMILES string of the molecule is N#CCc1ncc(Cl)c(C(F)F)c1I. The number of hydrogen-bond acceptors (Lipinski definition) is 2. The Hall–Kier alpha value is -0.480. The number of alkyl halides is 2. The molecule has 0 saturated heterocycles. The molecule has 1 rings (SSSR count). The minimum atomic E-state index is -2.64. The molecule has 1 aromatic rings. The first-order chi connectivity index (χ1) is 6.57. The van der Waals surface area contributed by atoms with Crippen molar-refractivity contribution >= 4 is 34.2 Å². The molecule has 0 saturated carbocycles. The van der Waals surface area contributed by atoms with Crippen LogP contribution in [0.2, 0.25) is 5.02 Å². The summed E-state index contributed by atoms with van der Waals surface area (Å²) in [6.07, 6.45) is -1.48. The molecule has 0 spiro atoms. The highest BCUT2D eigenvalue weighted by Gasteiger charge is 2.19. The fraction of sp³-hybridized carbons (Fsp3) is 0.250. The van der Waals surface area contributed by atoms with E-state index in [4.69, 9.17) is 16.9 Å². The average Bonchev–Trinajstić information content (AvgIpc) is 2.10. The van der Waals surface area contributed by atoms with Crippen LogP contribution in [0.3, 0.4) is 0 Å². The minimum absolute atomic E-state index is 0.00909. The molecule has 0 radical (unpaired) electrons. The molecule has 1 aromatic heterocycles. The normalized spacial score (nSPS) is 10.3. The van der Waals surface area contributed by atoms with E-state index in [0.29, 0.717) is 5.69 Å². The van der Waals surface area contributed by atoms with E-state index in [0.717, 1.165) is 6.20 Å². The summed E-state index contributed by atoms with van der Waals surface area (Å²) in [4.78, 5) is 3.82. The van der Waals surface area contributed by atoms with Crippen LogP contribution in [-0.4, -0.2) is 4.98 Å². The maximum absolute atomic E-state index is 12.5. The summed E-state index contributed by atoms with van der Waals surface area (Å²) in [7, 11) is 0. The highest BCUT2D eigenvalue weighted by molar-refractivity contribution is 14.1. The zero-order chi connectivity index (χ0) is 10.7. The first kappa shape index (κ1) is 11.6. The molecule has 0 aliphatic carbocycles. The van der Waals surface area contributed by atoms with Gasteiger partial charge in [-0.3, -0.25) is 4.98 Å². The summed E-state index contributed by atoms with van der Waals surface area (Å²) >= 11 is 7.29. The molecule has 0 aromatic carbocycles. The largest absolute Gasteiger partial charge is 0.266 e. The number of rotatable bonds is 2. The Morgan fingerprint density at radius 1 is 1.64 bits per heavy atom. The molecular formula is C8H4ClF2IN2. The van der Waals surface area contributed by atoms with Crippen LogP contribution < -0.4 is 0 Å². The predicted octanol–water partition coefficient (Wildman–Crippen LogP) is 3.34. The second kappa shape index (κ2) is 4.84. The maximum Gasteiger partial charge on any atom is 0.266 e. The van der Waals surface area contributed by atoms with E-state index in [1.54, 1.807) is 22.6 Å². The van der Waals surface area contributed by atoms with Crippen LogP contribution >= 0.6 is 34.2 Å². The van der Waals surface area contributed by atoms with Gasteiger partial charge in [0.05, 0.1) is 28.8 Å². The quantitative estimate of drug-likeness (QED) is 0.781. The van der Waals surface area contributed by atoms with Gasteiger partial charge in [-0.05, 0) is 22.6 Å². The van der Waals surface area contributed by atoms with Crippen LogP contribution in [0.1, 0.15) is 17.7 Å². The highest BCUT2D eigenvalue weighted by atomic mass is 127. The molecule has 0 amide bonds. The number of halogens is 4. The first-order valence-electron chi connectivity index (χ1n) is 3.55. The van der Waals surface area contributed by atoms with Crippen molar-refractivity contribution in [1.82, 2.24) is 4.98 Å². The number of hydrogen-bond donors (Lipinski definition) is 0. The Labute approximate surface area is 98.0 Å². The molecule has 74 valence electrons. The van der Waals surface area contributed by atoms with Gasteiger partial charge >= 0.3 is 0 Å². The molecular weight excluding hydrogens is 324 g/mol. The van der Waals surface area contributed by atoms with Crippen molar-refractivity contribution < 1.29 is 8.78 Å². The smallest absolute Gasteiger partial charge is 0.258 e. The van der Waals surface area contributed by atoms with Gasteiger partial charge in [-0.15, -0.1) is 0 Å². The predicted molar refractivity (Wildman–Crippen MR) is 56.2 cm³/mol. The van der Waals surface area contributed by atoms with Gasteiger partial charge in [0.25, 0.3) is 6.43 Å². The number of aromatic nitrogens is 1. The molecule has 0 aliphatic rings. The second-order valence-electron chi connectivity index (χ2n) is 2.42. The first-order valence-corrected chi connectivity index (χ1v) is 5.01. The lowest BCUT2D eigenvalue weighted by molar-refractivity contribution is 0.150. The zero-order valence-electron chi connectivity index (χ0n) is 6.77. The van der Waals surface area contributed by atoms with Gasteiger partial charge in [-0.1, -0.05) is 11.6 Å². The highest BCUT2D eigenvalue weighted by Crippen LogP contribution is 2.32. The molecule has 0 aliphatic heterocycles. The number of nitriles is 1. The molecule has 0 fully saturated rings. The van der Waals surface area contributed by atoms with Gasteiger partial charge < -0.3 is 0 Å². The Morgan fingerprint density at radius 2 is 2.29 bits per heavy atom. The molecule has 0 N–H and O–H groups in total. The van der Waals surface area contributed by atoms with Crippen LogP contribution in [0.25, 0.3) is 0 Å². The van der Waals surface area contributed by atoms with Crippen molar-refractivity contribution in [2.45, 2.75) is 12.8 Å². The summed E-state index contributed by atoms with van der Waals surface area (Å²) in [5.74, 6) is 0. The lowest BCUT2D eigenvalue weighted by atomic mass is 10.2. The van der Waals surface area contributed by atoms with Crippen molar-refractivity contribution in [3.8, 4) is 6.07 Å². The van der Waals surface area contributed by atoms with E-state index < -0.39 is 6.43 Å². The molecule has 6 heteroatoms. The van der Waals surface area contributed by atoms with Crippen molar-refractivity contribution in [2.24, 2.45) is 0 Å². The molecule has 0 bridgehead atoms. The molecule has 0 unspecified atom stereocenters. The summed E-state index contributed by atoms with van der Waals surface area (Å²) in [5.41, 5.74) is 0.0975. The summed E-state index contributed by atoms with van der Waals surface area (Å²) in [5, 5.41) is 8.37. The maximum atomic E-state index is 12.5. The Balaban J connectivity index is 3.28. The van der Waals surface area contributed by atoms with Crippen LogP contribution in [0.5, 0.6) is 0 Å². The lowest BCUT2D eigenvalue weighted by Crippen LogP contribution is -2.00. The van der Waals surface area contributed by atoms with E-state index in [1.807, 2.05) is 6.07 Å². The Morgan fingerprint density at radius 3 is 2.79 bits per heavy atom. The van der Waals surface area contributed by atoms with Gasteiger partial charge in [-0.25, -0.2) is 8.78 Å². The van der Waals surface area contributed by atoms with Crippen LogP contribution in [-0.2, 0) is 6.42 Å². The third kappa shape index (κ3) is 2.30. The Bertz CT molecular complexity index is 390. The van der Waals surface area contributed by atoms with E-state index in [2.05, 4.69) is 4.98 Å². The van der Waals surface area contributed by atoms with E-state index >= 15 is 0 Å². The van der Waals surface area contributed by atoms with Crippen LogP contribution in [0.15, 0.2) is 6.20 Å². The molecule has 14 heavy (non-hydrogen) atoms. The zero-order valence-corrected chi connectivity index (χ0v) is 9.68. The third-order valence-electron chi connectivity index (χ3n) is 1.55. The molecule has 0 atom stereocenters. The molecule has 2 nitrogen and oxygen atoms in total. The van der Waals surface area contributed by atoms with Gasteiger partial charge in [0.15, 0.2) is 0 Å². The van der Waals surface area contributed by atoms with Crippen molar-refractivity contribution in [3.05, 3.63) is 26.0 Å². The standard InChI is InChI=1S/C8H4ClF2IN2/c9-4-3-14-5(1-2-13)7(12)6(4)8(10)11/h3,8H,1H2. The van der Waals surface area contributed by atoms with Crippen molar-refractivity contribution in [1.29, 1.82) is 5.26 Å². The van der Waals surface area contributed by atoms with Crippen LogP contribution in [0.4, 0.5) is 8.78 Å². The lowest BCUT2D eigenvalue weighted by Gasteiger charge is -2.07. The van der Waals surface area contributed by atoms with Gasteiger partial charge in [-0.2, -0.15) is 5.26 Å². The van der Waals surface area contributed by atoms with Crippen molar-refractivity contribution in [3.63, 3.8) is 0 Å². The summed E-state index contributed by atoms with van der Waals surface area (Å²) in [6, 6.07) is 1.86. The monoisotopic (exact) mass is 328 g/mol. The fourth-order valence-electron chi connectivity index (χ4n) is 0.919. The minimum Gasteiger partial charge on any atom is -0.258 e. The average molecular weight is 328 g/mol. The Kier molecular flexibility index (Phi) is 4.01. The van der Waals surface area contributed by atoms with Crippen molar-refractivity contribution in [2.75, 3.05) is 0 Å². The third-order valence-corrected chi connectivity index (χ3v) is 3.05.